The van der Waals surface area contributed by atoms with E-state index in [2.05, 4.69) is 27.7 Å². The van der Waals surface area contributed by atoms with E-state index < -0.39 is 0 Å². The van der Waals surface area contributed by atoms with Crippen LogP contribution in [0.15, 0.2) is 0 Å². The summed E-state index contributed by atoms with van der Waals surface area (Å²) in [5.41, 5.74) is 1.33. The molecule has 2 heteroatoms. The van der Waals surface area contributed by atoms with Gasteiger partial charge in [0, 0.05) is 6.61 Å². The van der Waals surface area contributed by atoms with Gasteiger partial charge in [0.25, 0.3) is 0 Å². The predicted octanol–water partition coefficient (Wildman–Crippen LogP) is 7.89. The van der Waals surface area contributed by atoms with Gasteiger partial charge in [-0.3, -0.25) is 0 Å². The summed E-state index contributed by atoms with van der Waals surface area (Å²) in [6, 6.07) is 0. The van der Waals surface area contributed by atoms with Crippen molar-refractivity contribution in [3.8, 4) is 0 Å². The van der Waals surface area contributed by atoms with E-state index in [1.807, 2.05) is 0 Å². The van der Waals surface area contributed by atoms with Gasteiger partial charge in [-0.15, -0.1) is 0 Å². The number of rotatable bonds is 9. The zero-order chi connectivity index (χ0) is 22.3. The van der Waals surface area contributed by atoms with Gasteiger partial charge in [-0.25, -0.2) is 0 Å². The predicted molar refractivity (Wildman–Crippen MR) is 133 cm³/mol. The van der Waals surface area contributed by atoms with Crippen molar-refractivity contribution in [2.45, 2.75) is 117 Å². The fraction of sp³-hybridized carbons (Fsp3) is 1.00. The van der Waals surface area contributed by atoms with Crippen molar-refractivity contribution in [1.29, 1.82) is 0 Å². The van der Waals surface area contributed by atoms with Gasteiger partial charge in [0.2, 0.25) is 0 Å². The smallest absolute Gasteiger partial charge is 0.104 e. The van der Waals surface area contributed by atoms with E-state index >= 15 is 0 Å². The van der Waals surface area contributed by atoms with Crippen LogP contribution in [0.5, 0.6) is 0 Å². The SMILES string of the molecule is CC(CCC[C@@H](C)[C@H]1CC[C@H]2[C@@H]3CCC4CCCC[C@]4(C)[C@H]3CC[C@]12C)COCC1CO1. The van der Waals surface area contributed by atoms with Crippen LogP contribution in [0.3, 0.4) is 0 Å². The Morgan fingerprint density at radius 2 is 1.69 bits per heavy atom. The van der Waals surface area contributed by atoms with Gasteiger partial charge in [0.15, 0.2) is 0 Å². The Labute approximate surface area is 199 Å². The third kappa shape index (κ3) is 4.46. The molecule has 32 heavy (non-hydrogen) atoms. The van der Waals surface area contributed by atoms with Crippen LogP contribution < -0.4 is 0 Å². The summed E-state index contributed by atoms with van der Waals surface area (Å²) in [4.78, 5) is 0. The average Bonchev–Trinajstić information content (AvgIpc) is 3.52. The van der Waals surface area contributed by atoms with Gasteiger partial charge in [-0.1, -0.05) is 53.4 Å². The van der Waals surface area contributed by atoms with Crippen molar-refractivity contribution in [3.05, 3.63) is 0 Å². The molecule has 5 fully saturated rings. The van der Waals surface area contributed by atoms with E-state index in [4.69, 9.17) is 9.47 Å². The molecule has 0 bridgehead atoms. The lowest BCUT2D eigenvalue weighted by molar-refractivity contribution is -0.114. The largest absolute Gasteiger partial charge is 0.378 e. The third-order valence-corrected chi connectivity index (χ3v) is 11.8. The molecule has 5 rings (SSSR count). The summed E-state index contributed by atoms with van der Waals surface area (Å²) in [7, 11) is 0. The van der Waals surface area contributed by atoms with Gasteiger partial charge < -0.3 is 9.47 Å². The first kappa shape index (κ1) is 23.7. The quantitative estimate of drug-likeness (QED) is 0.337. The summed E-state index contributed by atoms with van der Waals surface area (Å²) in [5, 5.41) is 0. The van der Waals surface area contributed by atoms with Crippen LogP contribution in [-0.2, 0) is 9.47 Å². The molecule has 1 saturated heterocycles. The zero-order valence-electron chi connectivity index (χ0n) is 21.7. The highest BCUT2D eigenvalue weighted by molar-refractivity contribution is 5.09. The minimum Gasteiger partial charge on any atom is -0.378 e. The van der Waals surface area contributed by atoms with Crippen molar-refractivity contribution in [3.63, 3.8) is 0 Å². The van der Waals surface area contributed by atoms with Crippen molar-refractivity contribution < 1.29 is 9.47 Å². The maximum Gasteiger partial charge on any atom is 0.104 e. The van der Waals surface area contributed by atoms with Gasteiger partial charge in [0.05, 0.1) is 13.2 Å². The van der Waals surface area contributed by atoms with Crippen LogP contribution in [-0.4, -0.2) is 25.9 Å². The summed E-state index contributed by atoms with van der Waals surface area (Å²) >= 11 is 0. The molecule has 184 valence electrons. The summed E-state index contributed by atoms with van der Waals surface area (Å²) in [6.45, 7) is 13.1. The molecule has 10 atom stereocenters. The fourth-order valence-electron chi connectivity index (χ4n) is 9.91. The molecule has 0 amide bonds. The molecule has 0 aromatic carbocycles. The van der Waals surface area contributed by atoms with Crippen LogP contribution in [0.4, 0.5) is 0 Å². The maximum absolute atomic E-state index is 5.83. The molecule has 0 spiro atoms. The number of hydrogen-bond acceptors (Lipinski definition) is 2. The summed E-state index contributed by atoms with van der Waals surface area (Å²) < 4.78 is 11.1. The second-order valence-electron chi connectivity index (χ2n) is 13.6. The van der Waals surface area contributed by atoms with E-state index in [9.17, 15) is 0 Å². The molecule has 0 aromatic heterocycles. The topological polar surface area (TPSA) is 21.8 Å². The lowest BCUT2D eigenvalue weighted by Gasteiger charge is -2.61. The summed E-state index contributed by atoms with van der Waals surface area (Å²) in [5.74, 6) is 6.76. The molecule has 3 unspecified atom stereocenters. The van der Waals surface area contributed by atoms with E-state index in [0.29, 0.717) is 22.9 Å². The normalized spacial score (nSPS) is 47.2. The lowest BCUT2D eigenvalue weighted by atomic mass is 9.44. The molecule has 4 aliphatic carbocycles. The zero-order valence-corrected chi connectivity index (χ0v) is 21.7. The van der Waals surface area contributed by atoms with Crippen molar-refractivity contribution >= 4 is 0 Å². The molecule has 0 aromatic rings. The second kappa shape index (κ2) is 9.52. The molecule has 0 radical (unpaired) electrons. The molecule has 2 nitrogen and oxygen atoms in total. The van der Waals surface area contributed by atoms with E-state index in [1.54, 1.807) is 32.1 Å². The molecule has 4 saturated carbocycles. The average molecular weight is 445 g/mol. The van der Waals surface area contributed by atoms with Crippen LogP contribution in [0.1, 0.15) is 111 Å². The first-order valence-electron chi connectivity index (χ1n) is 14.6. The first-order valence-corrected chi connectivity index (χ1v) is 14.6. The van der Waals surface area contributed by atoms with Gasteiger partial charge in [-0.05, 0) is 110 Å². The van der Waals surface area contributed by atoms with E-state index in [1.165, 1.54) is 51.4 Å². The molecule has 0 N–H and O–H groups in total. The number of fused-ring (bicyclic) bond motifs is 5. The van der Waals surface area contributed by atoms with Crippen LogP contribution in [0.25, 0.3) is 0 Å². The highest BCUT2D eigenvalue weighted by Crippen LogP contribution is 2.68. The van der Waals surface area contributed by atoms with Crippen molar-refractivity contribution in [2.75, 3.05) is 19.8 Å². The number of hydrogen-bond donors (Lipinski definition) is 0. The van der Waals surface area contributed by atoms with E-state index in [0.717, 1.165) is 55.3 Å². The first-order chi connectivity index (χ1) is 15.4. The Hall–Kier alpha value is -0.0800. The molecule has 1 aliphatic heterocycles. The minimum atomic E-state index is 0.407. The molecule has 1 heterocycles. The molecular formula is C30H52O2. The van der Waals surface area contributed by atoms with Crippen LogP contribution >= 0.6 is 0 Å². The van der Waals surface area contributed by atoms with Crippen molar-refractivity contribution in [1.82, 2.24) is 0 Å². The molecular weight excluding hydrogens is 392 g/mol. The molecule has 5 aliphatic rings. The monoisotopic (exact) mass is 444 g/mol. The third-order valence-electron chi connectivity index (χ3n) is 11.8. The Morgan fingerprint density at radius 3 is 2.50 bits per heavy atom. The summed E-state index contributed by atoms with van der Waals surface area (Å²) in [6.07, 6.45) is 19.9. The van der Waals surface area contributed by atoms with Crippen LogP contribution in [0, 0.1) is 52.3 Å². The highest BCUT2D eigenvalue weighted by Gasteiger charge is 2.60. The Kier molecular flexibility index (Phi) is 7.04. The van der Waals surface area contributed by atoms with Crippen molar-refractivity contribution in [2.24, 2.45) is 52.3 Å². The van der Waals surface area contributed by atoms with Gasteiger partial charge in [0.1, 0.15) is 6.10 Å². The van der Waals surface area contributed by atoms with Gasteiger partial charge in [-0.2, -0.15) is 0 Å². The van der Waals surface area contributed by atoms with Crippen LogP contribution in [0.2, 0.25) is 0 Å². The Balaban J connectivity index is 1.14. The second-order valence-corrected chi connectivity index (χ2v) is 13.6. The number of epoxide rings is 1. The van der Waals surface area contributed by atoms with E-state index in [-0.39, 0.29) is 0 Å². The fourth-order valence-corrected chi connectivity index (χ4v) is 9.91. The number of ether oxygens (including phenoxy) is 2. The van der Waals surface area contributed by atoms with Gasteiger partial charge >= 0.3 is 0 Å². The minimum absolute atomic E-state index is 0.407. The Bertz CT molecular complexity index is 628. The standard InChI is InChI=1S/C30H52O2/c1-21(18-31-19-24-20-32-24)8-7-9-22(2)26-13-14-27-25-12-11-23-10-5-6-16-29(23,3)28(25)15-17-30(26,27)4/h21-28H,5-20H2,1-4H3/t21?,22-,23?,24?,25+,26-,27+,28+,29+,30-/m1/s1. The lowest BCUT2D eigenvalue weighted by Crippen LogP contribution is -2.53. The Morgan fingerprint density at radius 1 is 0.875 bits per heavy atom. The highest BCUT2D eigenvalue weighted by atomic mass is 16.6. The maximum atomic E-state index is 5.83.